The van der Waals surface area contributed by atoms with Gasteiger partial charge in [-0.2, -0.15) is 4.99 Å². The maximum Gasteiger partial charge on any atom is 0.315 e. The smallest absolute Gasteiger partial charge is 0.315 e. The van der Waals surface area contributed by atoms with E-state index in [0.717, 1.165) is 5.52 Å². The molecule has 3 aromatic rings. The van der Waals surface area contributed by atoms with Crippen molar-refractivity contribution in [2.24, 2.45) is 4.99 Å². The molecule has 0 radical (unpaired) electrons. The summed E-state index contributed by atoms with van der Waals surface area (Å²) in [5.41, 5.74) is 0.750. The number of hydrogen-bond acceptors (Lipinski definition) is 5. The van der Waals surface area contributed by atoms with Crippen molar-refractivity contribution >= 4 is 33.1 Å². The van der Waals surface area contributed by atoms with Gasteiger partial charge in [0.2, 0.25) is 0 Å². The van der Waals surface area contributed by atoms with Crippen LogP contribution in [-0.2, 0) is 6.54 Å². The normalized spacial score (nSPS) is 11.7. The van der Waals surface area contributed by atoms with Crippen molar-refractivity contribution in [1.29, 1.82) is 0 Å². The number of allylic oxidation sites excluding steroid dienone is 1. The molecule has 0 aliphatic carbocycles. The predicted octanol–water partition coefficient (Wildman–Crippen LogP) is 3.13. The van der Waals surface area contributed by atoms with E-state index >= 15 is 0 Å². The lowest BCUT2D eigenvalue weighted by Gasteiger charge is -2.00. The Morgan fingerprint density at radius 3 is 2.96 bits per heavy atom. The van der Waals surface area contributed by atoms with Crippen LogP contribution in [0.5, 0.6) is 0 Å². The third kappa shape index (κ3) is 2.84. The quantitative estimate of drug-likeness (QED) is 0.418. The molecule has 0 atom stereocenters. The zero-order valence-electron chi connectivity index (χ0n) is 11.8. The van der Waals surface area contributed by atoms with Crippen LogP contribution in [0.15, 0.2) is 58.7 Å². The van der Waals surface area contributed by atoms with E-state index in [2.05, 4.69) is 11.6 Å². The van der Waals surface area contributed by atoms with Crippen molar-refractivity contribution in [3.63, 3.8) is 0 Å². The van der Waals surface area contributed by atoms with Gasteiger partial charge in [0.05, 0.1) is 21.4 Å². The molecule has 0 saturated carbocycles. The molecule has 0 saturated heterocycles. The molecule has 2 aromatic heterocycles. The second-order valence-electron chi connectivity index (χ2n) is 4.59. The number of benzene rings is 1. The van der Waals surface area contributed by atoms with E-state index in [-0.39, 0.29) is 11.4 Å². The zero-order valence-corrected chi connectivity index (χ0v) is 12.7. The first-order valence-corrected chi connectivity index (χ1v) is 7.43. The third-order valence-electron chi connectivity index (χ3n) is 3.12. The Kier molecular flexibility index (Phi) is 3.90. The Labute approximate surface area is 134 Å². The number of carbonyl (C=O) groups is 1. The van der Waals surface area contributed by atoms with Crippen LogP contribution in [0.1, 0.15) is 10.6 Å². The number of nitrogens with zero attached hydrogens (tertiary/aromatic N) is 3. The van der Waals surface area contributed by atoms with Crippen LogP contribution >= 0.6 is 11.3 Å². The number of furan rings is 1. The molecule has 1 aromatic carbocycles. The van der Waals surface area contributed by atoms with E-state index in [1.807, 2.05) is 0 Å². The number of thiazole rings is 1. The van der Waals surface area contributed by atoms with E-state index in [0.29, 0.717) is 16.0 Å². The molecule has 7 nitrogen and oxygen atoms in total. The number of nitro groups is 1. The Balaban J connectivity index is 2.18. The van der Waals surface area contributed by atoms with Gasteiger partial charge in [-0.05, 0) is 18.2 Å². The summed E-state index contributed by atoms with van der Waals surface area (Å²) in [4.78, 5) is 27.0. The number of amides is 1. The molecule has 0 unspecified atom stereocenters. The van der Waals surface area contributed by atoms with Gasteiger partial charge in [-0.3, -0.25) is 14.9 Å². The van der Waals surface area contributed by atoms with Crippen molar-refractivity contribution in [3.8, 4) is 0 Å². The van der Waals surface area contributed by atoms with Crippen molar-refractivity contribution in [2.75, 3.05) is 0 Å². The summed E-state index contributed by atoms with van der Waals surface area (Å²) in [6.45, 7) is 4.12. The number of nitro benzene ring substituents is 1. The molecule has 0 aliphatic rings. The van der Waals surface area contributed by atoms with Crippen LogP contribution in [0.3, 0.4) is 0 Å². The van der Waals surface area contributed by atoms with Crippen LogP contribution in [0.2, 0.25) is 0 Å². The summed E-state index contributed by atoms with van der Waals surface area (Å²) < 4.78 is 7.48. The summed E-state index contributed by atoms with van der Waals surface area (Å²) in [5.74, 6) is -0.368. The average molecular weight is 329 g/mol. The molecule has 0 aliphatic heterocycles. The Morgan fingerprint density at radius 2 is 2.30 bits per heavy atom. The van der Waals surface area contributed by atoms with E-state index in [1.165, 1.54) is 35.8 Å². The molecule has 23 heavy (non-hydrogen) atoms. The largest absolute Gasteiger partial charge is 0.459 e. The summed E-state index contributed by atoms with van der Waals surface area (Å²) in [6, 6.07) is 7.67. The highest BCUT2D eigenvalue weighted by molar-refractivity contribution is 7.16. The number of hydrogen-bond donors (Lipinski definition) is 0. The molecular formula is C15H11N3O4S. The monoisotopic (exact) mass is 329 g/mol. The van der Waals surface area contributed by atoms with Gasteiger partial charge in [0.25, 0.3) is 5.69 Å². The maximum atomic E-state index is 12.1. The van der Waals surface area contributed by atoms with Crippen LogP contribution in [-0.4, -0.2) is 15.4 Å². The van der Waals surface area contributed by atoms with Crippen LogP contribution in [0.25, 0.3) is 10.2 Å². The van der Waals surface area contributed by atoms with E-state index in [9.17, 15) is 14.9 Å². The molecule has 0 bridgehead atoms. The minimum Gasteiger partial charge on any atom is -0.459 e. The first kappa shape index (κ1) is 14.9. The molecule has 0 N–H and O–H groups in total. The van der Waals surface area contributed by atoms with Crippen LogP contribution in [0, 0.1) is 10.1 Å². The average Bonchev–Trinajstić information content (AvgIpc) is 3.16. The lowest BCUT2D eigenvalue weighted by atomic mass is 10.3. The standard InChI is InChI=1S/C15H11N3O4S/c1-2-7-17-11-6-5-10(18(20)21)9-13(11)23-15(17)16-14(19)12-4-3-8-22-12/h2-6,8-9H,1,7H2. The molecule has 2 heterocycles. The van der Waals surface area contributed by atoms with Crippen molar-refractivity contribution in [2.45, 2.75) is 6.54 Å². The van der Waals surface area contributed by atoms with Crippen LogP contribution in [0.4, 0.5) is 5.69 Å². The fourth-order valence-electron chi connectivity index (χ4n) is 2.11. The topological polar surface area (TPSA) is 90.6 Å². The molecule has 1 amide bonds. The lowest BCUT2D eigenvalue weighted by molar-refractivity contribution is -0.384. The summed E-state index contributed by atoms with van der Waals surface area (Å²) in [5, 5.41) is 10.9. The van der Waals surface area contributed by atoms with E-state index in [4.69, 9.17) is 4.42 Å². The van der Waals surface area contributed by atoms with Crippen LogP contribution < -0.4 is 4.80 Å². The second kappa shape index (κ2) is 6.01. The van der Waals surface area contributed by atoms with Gasteiger partial charge >= 0.3 is 5.91 Å². The van der Waals surface area contributed by atoms with Crippen molar-refractivity contribution in [3.05, 3.63) is 69.9 Å². The van der Waals surface area contributed by atoms with Gasteiger partial charge < -0.3 is 8.98 Å². The fourth-order valence-corrected chi connectivity index (χ4v) is 3.18. The summed E-state index contributed by atoms with van der Waals surface area (Å²) in [7, 11) is 0. The van der Waals surface area contributed by atoms with Gasteiger partial charge in [-0.15, -0.1) is 6.58 Å². The maximum absolute atomic E-state index is 12.1. The SMILES string of the molecule is C=CCn1c(=NC(=O)c2ccco2)sc2cc([N+](=O)[O-])ccc21. The minimum absolute atomic E-state index is 0.00610. The highest BCUT2D eigenvalue weighted by Gasteiger charge is 2.13. The molecule has 8 heteroatoms. The summed E-state index contributed by atoms with van der Waals surface area (Å²) >= 11 is 1.20. The fraction of sp³-hybridized carbons (Fsp3) is 0.0667. The molecule has 116 valence electrons. The zero-order chi connectivity index (χ0) is 16.4. The highest BCUT2D eigenvalue weighted by Crippen LogP contribution is 2.23. The van der Waals surface area contributed by atoms with Crippen molar-refractivity contribution < 1.29 is 14.1 Å². The Morgan fingerprint density at radius 1 is 1.48 bits per heavy atom. The molecule has 3 rings (SSSR count). The van der Waals surface area contributed by atoms with Gasteiger partial charge in [-0.1, -0.05) is 17.4 Å². The molecule has 0 fully saturated rings. The van der Waals surface area contributed by atoms with E-state index in [1.54, 1.807) is 22.8 Å². The number of carbonyl (C=O) groups excluding carboxylic acids is 1. The van der Waals surface area contributed by atoms with Crippen molar-refractivity contribution in [1.82, 2.24) is 4.57 Å². The lowest BCUT2D eigenvalue weighted by Crippen LogP contribution is -2.16. The van der Waals surface area contributed by atoms with Gasteiger partial charge in [0, 0.05) is 18.7 Å². The second-order valence-corrected chi connectivity index (χ2v) is 5.60. The van der Waals surface area contributed by atoms with Gasteiger partial charge in [0.15, 0.2) is 10.6 Å². The predicted molar refractivity (Wildman–Crippen MR) is 85.3 cm³/mol. The number of aromatic nitrogens is 1. The van der Waals surface area contributed by atoms with Gasteiger partial charge in [-0.25, -0.2) is 0 Å². The number of non-ortho nitro benzene ring substituents is 1. The number of fused-ring (bicyclic) bond motifs is 1. The highest BCUT2D eigenvalue weighted by atomic mass is 32.1. The third-order valence-corrected chi connectivity index (χ3v) is 4.16. The van der Waals surface area contributed by atoms with Gasteiger partial charge in [0.1, 0.15) is 0 Å². The Hall–Kier alpha value is -3.00. The minimum atomic E-state index is -0.506. The number of rotatable bonds is 4. The first-order chi connectivity index (χ1) is 11.1. The summed E-state index contributed by atoms with van der Waals surface area (Å²) in [6.07, 6.45) is 3.07. The first-order valence-electron chi connectivity index (χ1n) is 6.61. The molecular weight excluding hydrogens is 318 g/mol. The van der Waals surface area contributed by atoms with E-state index < -0.39 is 10.8 Å². The molecule has 0 spiro atoms. The Bertz CT molecular complexity index is 966.